The van der Waals surface area contributed by atoms with Crippen molar-refractivity contribution >= 4 is 35.6 Å². The molecule has 45 heavy (non-hydrogen) atoms. The van der Waals surface area contributed by atoms with Gasteiger partial charge in [-0.15, -0.1) is 0 Å². The number of rotatable bonds is 11. The van der Waals surface area contributed by atoms with Gasteiger partial charge >= 0.3 is 12.1 Å². The summed E-state index contributed by atoms with van der Waals surface area (Å²) in [6.07, 6.45) is 2.46. The number of likely N-dealkylation sites (tertiary alicyclic amines) is 1. The van der Waals surface area contributed by atoms with Crippen LogP contribution in [0.4, 0.5) is 9.59 Å². The molecule has 6 atom stereocenters. The van der Waals surface area contributed by atoms with E-state index in [0.717, 1.165) is 12.8 Å². The second kappa shape index (κ2) is 12.4. The third-order valence-electron chi connectivity index (χ3n) is 10.1. The van der Waals surface area contributed by atoms with Gasteiger partial charge in [-0.25, -0.2) is 9.59 Å². The van der Waals surface area contributed by atoms with Gasteiger partial charge in [-0.05, 0) is 46.8 Å². The van der Waals surface area contributed by atoms with Crippen LogP contribution in [0.25, 0.3) is 0 Å². The Morgan fingerprint density at radius 1 is 1.00 bits per heavy atom. The maximum Gasteiger partial charge on any atom is 0.409 e. The average molecular weight is 633 g/mol. The van der Waals surface area contributed by atoms with E-state index in [9.17, 15) is 28.8 Å². The molecule has 4 fully saturated rings. The van der Waals surface area contributed by atoms with Gasteiger partial charge in [0, 0.05) is 19.6 Å². The lowest BCUT2D eigenvalue weighted by atomic mass is 9.85. The molecular weight excluding hydrogens is 580 g/mol. The van der Waals surface area contributed by atoms with E-state index >= 15 is 0 Å². The third kappa shape index (κ3) is 7.71. The maximum absolute atomic E-state index is 14.3. The van der Waals surface area contributed by atoms with Gasteiger partial charge in [0.2, 0.25) is 17.6 Å². The van der Waals surface area contributed by atoms with Crippen LogP contribution in [0.2, 0.25) is 0 Å². The number of primary amides is 1. The number of nitrogens with one attached hydrogen (secondary N) is 3. The molecule has 1 unspecified atom stereocenters. The van der Waals surface area contributed by atoms with Crippen LogP contribution >= 0.6 is 0 Å². The number of carbonyl (C=O) groups is 6. The molecule has 0 radical (unpaired) electrons. The molecule has 4 rings (SSSR count). The Labute approximate surface area is 266 Å². The van der Waals surface area contributed by atoms with Crippen molar-refractivity contribution in [1.29, 1.82) is 0 Å². The molecule has 252 valence electrons. The monoisotopic (exact) mass is 632 g/mol. The second-order valence-corrected chi connectivity index (χ2v) is 16.1. The number of nitrogens with two attached hydrogens (primary N) is 1. The summed E-state index contributed by atoms with van der Waals surface area (Å²) in [4.78, 5) is 81.4. The van der Waals surface area contributed by atoms with Crippen LogP contribution in [0, 0.1) is 34.0 Å². The van der Waals surface area contributed by atoms with Gasteiger partial charge in [0.1, 0.15) is 12.1 Å². The minimum absolute atomic E-state index is 0.0786. The minimum atomic E-state index is -1.10. The van der Waals surface area contributed by atoms with Gasteiger partial charge in [0.25, 0.3) is 5.91 Å². The van der Waals surface area contributed by atoms with Crippen molar-refractivity contribution in [1.82, 2.24) is 25.8 Å². The smallest absolute Gasteiger partial charge is 0.409 e. The van der Waals surface area contributed by atoms with E-state index in [-0.39, 0.29) is 29.7 Å². The lowest BCUT2D eigenvalue weighted by Crippen LogP contribution is -2.63. The molecule has 0 aromatic carbocycles. The number of amides is 6. The first-order valence-corrected chi connectivity index (χ1v) is 16.2. The highest BCUT2D eigenvalue weighted by Gasteiger charge is 2.70. The van der Waals surface area contributed by atoms with Gasteiger partial charge in [-0.3, -0.25) is 19.2 Å². The van der Waals surface area contributed by atoms with E-state index in [1.807, 2.05) is 41.5 Å². The van der Waals surface area contributed by atoms with E-state index in [0.29, 0.717) is 32.5 Å². The summed E-state index contributed by atoms with van der Waals surface area (Å²) in [6, 6.07) is -3.88. The number of urea groups is 1. The van der Waals surface area contributed by atoms with Gasteiger partial charge in [-0.1, -0.05) is 68.2 Å². The molecule has 6 amide bonds. The van der Waals surface area contributed by atoms with Crippen molar-refractivity contribution in [2.24, 2.45) is 39.7 Å². The lowest BCUT2D eigenvalue weighted by Gasteiger charge is -2.39. The Morgan fingerprint density at radius 3 is 2.18 bits per heavy atom. The molecule has 5 N–H and O–H groups in total. The average Bonchev–Trinajstić information content (AvgIpc) is 3.77. The van der Waals surface area contributed by atoms with Gasteiger partial charge < -0.3 is 36.2 Å². The number of hydrogen-bond acceptors (Lipinski definition) is 7. The Balaban J connectivity index is 1.51. The molecule has 0 aromatic heterocycles. The highest BCUT2D eigenvalue weighted by molar-refractivity contribution is 6.37. The van der Waals surface area contributed by atoms with Crippen LogP contribution in [0.3, 0.4) is 0 Å². The number of Topliss-reactive ketones (excluding diaryl/α,β-unsaturated/α-hetero) is 1. The number of carbonyl (C=O) groups excluding carboxylic acids is 6. The first-order chi connectivity index (χ1) is 20.7. The standard InChI is InChI=1S/C32H52N6O7/c1-30(2,3)20(16-37-12-9-13-45-29(37)44)35-28(43)36-24(31(4,5)6)27(42)38-15-18-21(32(18,7)8)22(38)26(41)34-19(14-17-10-11-17)23(39)25(33)40/h17-22,24H,9-16H2,1-8H3,(H2,33,40)(H,34,41)(H2,35,36,43)/t18-,19?,20+,21-,22-,24+/m0/s1. The predicted molar refractivity (Wildman–Crippen MR) is 165 cm³/mol. The van der Waals surface area contributed by atoms with E-state index in [1.54, 1.807) is 4.90 Å². The summed E-state index contributed by atoms with van der Waals surface area (Å²) in [6.45, 7) is 17.0. The molecule has 13 nitrogen and oxygen atoms in total. The summed E-state index contributed by atoms with van der Waals surface area (Å²) in [5.41, 5.74) is 3.97. The normalized spacial score (nSPS) is 26.1. The summed E-state index contributed by atoms with van der Waals surface area (Å²) in [5.74, 6) is -2.62. The van der Waals surface area contributed by atoms with Crippen LogP contribution in [-0.4, -0.2) is 95.8 Å². The van der Waals surface area contributed by atoms with Gasteiger partial charge in [-0.2, -0.15) is 0 Å². The maximum atomic E-state index is 14.3. The molecule has 2 aliphatic carbocycles. The van der Waals surface area contributed by atoms with Crippen LogP contribution in [-0.2, 0) is 23.9 Å². The van der Waals surface area contributed by atoms with Crippen LogP contribution in [0.15, 0.2) is 0 Å². The largest absolute Gasteiger partial charge is 0.449 e. The molecule has 0 bridgehead atoms. The molecular formula is C32H52N6O7. The van der Waals surface area contributed by atoms with Gasteiger partial charge in [0.15, 0.2) is 0 Å². The van der Waals surface area contributed by atoms with Crippen LogP contribution in [0.1, 0.15) is 81.1 Å². The molecule has 0 spiro atoms. The first kappa shape index (κ1) is 34.5. The van der Waals surface area contributed by atoms with E-state index < -0.39 is 70.6 Å². The zero-order valence-corrected chi connectivity index (χ0v) is 28.0. The molecule has 13 heteroatoms. The van der Waals surface area contributed by atoms with Gasteiger partial charge in [0.05, 0.1) is 18.7 Å². The van der Waals surface area contributed by atoms with Crippen molar-refractivity contribution in [3.05, 3.63) is 0 Å². The van der Waals surface area contributed by atoms with E-state index in [4.69, 9.17) is 10.5 Å². The quantitative estimate of drug-likeness (QED) is 0.251. The number of nitrogens with zero attached hydrogens (tertiary/aromatic N) is 2. The fourth-order valence-electron chi connectivity index (χ4n) is 6.83. The zero-order chi connectivity index (χ0) is 33.6. The molecule has 2 saturated heterocycles. The number of hydrogen-bond donors (Lipinski definition) is 4. The first-order valence-electron chi connectivity index (χ1n) is 16.2. The van der Waals surface area contributed by atoms with Crippen molar-refractivity contribution in [2.75, 3.05) is 26.2 Å². The summed E-state index contributed by atoms with van der Waals surface area (Å²) >= 11 is 0. The molecule has 2 saturated carbocycles. The number of fused-ring (bicyclic) bond motifs is 1. The number of piperidine rings is 1. The summed E-state index contributed by atoms with van der Waals surface area (Å²) < 4.78 is 5.17. The predicted octanol–water partition coefficient (Wildman–Crippen LogP) is 1.78. The number of cyclic esters (lactones) is 1. The highest BCUT2D eigenvalue weighted by Crippen LogP contribution is 2.65. The molecule has 0 aromatic rings. The van der Waals surface area contributed by atoms with E-state index in [1.165, 1.54) is 4.90 Å². The highest BCUT2D eigenvalue weighted by atomic mass is 16.6. The summed E-state index contributed by atoms with van der Waals surface area (Å²) in [7, 11) is 0. The number of ether oxygens (including phenoxy) is 1. The van der Waals surface area contributed by atoms with Crippen LogP contribution in [0.5, 0.6) is 0 Å². The van der Waals surface area contributed by atoms with Crippen molar-refractivity contribution in [3.63, 3.8) is 0 Å². The molecule has 2 aliphatic heterocycles. The summed E-state index contributed by atoms with van der Waals surface area (Å²) in [5, 5.41) is 8.63. The van der Waals surface area contributed by atoms with Crippen LogP contribution < -0.4 is 21.7 Å². The van der Waals surface area contributed by atoms with Crippen molar-refractivity contribution < 1.29 is 33.5 Å². The lowest BCUT2D eigenvalue weighted by molar-refractivity contribution is -0.145. The zero-order valence-electron chi connectivity index (χ0n) is 28.0. The Kier molecular flexibility index (Phi) is 9.53. The fourth-order valence-corrected chi connectivity index (χ4v) is 6.83. The fraction of sp³-hybridized carbons (Fsp3) is 0.812. The topological polar surface area (TPSA) is 180 Å². The van der Waals surface area contributed by atoms with E-state index in [2.05, 4.69) is 29.8 Å². The molecule has 4 aliphatic rings. The molecule has 2 heterocycles. The minimum Gasteiger partial charge on any atom is -0.449 e. The Hall–Kier alpha value is -3.38. The SMILES string of the molecule is CC(C)(C)[C@H](NC(=O)N[C@H](CN1CCCOC1=O)C(C)(C)C)C(=O)N1C[C@H]2[C@@H]([C@H]1C(=O)NC(CC1CC1)C(=O)C(N)=O)C2(C)C. The second-order valence-electron chi connectivity index (χ2n) is 16.1. The van der Waals surface area contributed by atoms with Crippen molar-refractivity contribution in [2.45, 2.75) is 105 Å². The van der Waals surface area contributed by atoms with Crippen molar-refractivity contribution in [3.8, 4) is 0 Å². The Morgan fingerprint density at radius 2 is 1.64 bits per heavy atom. The Bertz CT molecular complexity index is 1220. The third-order valence-corrected chi connectivity index (χ3v) is 10.1. The number of ketones is 1.